The highest BCUT2D eigenvalue weighted by Gasteiger charge is 2.29. The summed E-state index contributed by atoms with van der Waals surface area (Å²) in [6.45, 7) is 6.04. The number of sulfonamides is 1. The second-order valence-electron chi connectivity index (χ2n) is 8.32. The minimum atomic E-state index is -3.35. The van der Waals surface area contributed by atoms with Crippen LogP contribution in [0.3, 0.4) is 0 Å². The summed E-state index contributed by atoms with van der Waals surface area (Å²) < 4.78 is 25.6. The van der Waals surface area contributed by atoms with Crippen LogP contribution < -0.4 is 20.7 Å². The lowest BCUT2D eigenvalue weighted by Crippen LogP contribution is -2.40. The van der Waals surface area contributed by atoms with Crippen molar-refractivity contribution in [2.24, 2.45) is 5.73 Å². The molecule has 0 saturated carbocycles. The molecule has 1 heterocycles. The average Bonchev–Trinajstić information content (AvgIpc) is 3.11. The van der Waals surface area contributed by atoms with E-state index in [1.807, 2.05) is 17.0 Å². The molecule has 0 aliphatic carbocycles. The summed E-state index contributed by atoms with van der Waals surface area (Å²) in [7, 11) is -3.35. The number of anilines is 2. The van der Waals surface area contributed by atoms with Gasteiger partial charge < -0.3 is 16.0 Å². The Morgan fingerprint density at radius 1 is 1.17 bits per heavy atom. The SMILES string of the molecule is CC(C)(C)S(=O)(=O)NCCCCC(=O)Nc1ccc(N2CCC[C@H]2C(N)=O)cc1. The van der Waals surface area contributed by atoms with E-state index in [9.17, 15) is 18.0 Å². The van der Waals surface area contributed by atoms with Gasteiger partial charge in [0.05, 0.1) is 4.75 Å². The summed E-state index contributed by atoms with van der Waals surface area (Å²) in [5, 5.41) is 2.84. The molecule has 1 aromatic carbocycles. The first-order chi connectivity index (χ1) is 13.5. The molecule has 1 saturated heterocycles. The Balaban J connectivity index is 1.75. The lowest BCUT2D eigenvalue weighted by molar-refractivity contribution is -0.119. The van der Waals surface area contributed by atoms with E-state index < -0.39 is 14.8 Å². The second-order valence-corrected chi connectivity index (χ2v) is 10.8. The minimum Gasteiger partial charge on any atom is -0.368 e. The van der Waals surface area contributed by atoms with Crippen molar-refractivity contribution < 1.29 is 18.0 Å². The average molecular weight is 425 g/mol. The number of amides is 2. The van der Waals surface area contributed by atoms with Gasteiger partial charge in [-0.25, -0.2) is 13.1 Å². The van der Waals surface area contributed by atoms with Gasteiger partial charge in [-0.2, -0.15) is 0 Å². The number of hydrogen-bond donors (Lipinski definition) is 3. The summed E-state index contributed by atoms with van der Waals surface area (Å²) >= 11 is 0. The van der Waals surface area contributed by atoms with E-state index in [1.165, 1.54) is 0 Å². The van der Waals surface area contributed by atoms with Gasteiger partial charge in [-0.05, 0) is 70.7 Å². The van der Waals surface area contributed by atoms with Crippen molar-refractivity contribution in [2.75, 3.05) is 23.3 Å². The molecule has 1 aliphatic rings. The van der Waals surface area contributed by atoms with Gasteiger partial charge in [0.25, 0.3) is 0 Å². The van der Waals surface area contributed by atoms with Crippen molar-refractivity contribution in [1.82, 2.24) is 4.72 Å². The van der Waals surface area contributed by atoms with Crippen molar-refractivity contribution in [3.63, 3.8) is 0 Å². The van der Waals surface area contributed by atoms with Crippen LogP contribution in [0.15, 0.2) is 24.3 Å². The Morgan fingerprint density at radius 3 is 2.41 bits per heavy atom. The van der Waals surface area contributed by atoms with Crippen molar-refractivity contribution in [1.29, 1.82) is 0 Å². The molecule has 1 atom stereocenters. The van der Waals surface area contributed by atoms with Crippen LogP contribution in [0.5, 0.6) is 0 Å². The van der Waals surface area contributed by atoms with Gasteiger partial charge >= 0.3 is 0 Å². The maximum absolute atomic E-state index is 12.1. The van der Waals surface area contributed by atoms with Gasteiger partial charge in [0.15, 0.2) is 0 Å². The van der Waals surface area contributed by atoms with Crippen LogP contribution in [0.2, 0.25) is 0 Å². The topological polar surface area (TPSA) is 122 Å². The first-order valence-electron chi connectivity index (χ1n) is 9.96. The van der Waals surface area contributed by atoms with Crippen LogP contribution in [0.4, 0.5) is 11.4 Å². The molecule has 0 unspecified atom stereocenters. The quantitative estimate of drug-likeness (QED) is 0.523. The fraction of sp³-hybridized carbons (Fsp3) is 0.600. The van der Waals surface area contributed by atoms with Crippen LogP contribution in [0, 0.1) is 0 Å². The molecule has 1 aromatic rings. The smallest absolute Gasteiger partial charge is 0.240 e. The number of nitrogens with one attached hydrogen (secondary N) is 2. The maximum atomic E-state index is 12.1. The van der Waals surface area contributed by atoms with Crippen molar-refractivity contribution >= 4 is 33.2 Å². The zero-order valence-corrected chi connectivity index (χ0v) is 18.2. The number of unbranched alkanes of at least 4 members (excludes halogenated alkanes) is 1. The van der Waals surface area contributed by atoms with Gasteiger partial charge in [-0.3, -0.25) is 9.59 Å². The number of carbonyl (C=O) groups excluding carboxylic acids is 2. The molecule has 2 amide bonds. The number of benzene rings is 1. The van der Waals surface area contributed by atoms with Crippen LogP contribution >= 0.6 is 0 Å². The summed E-state index contributed by atoms with van der Waals surface area (Å²) in [4.78, 5) is 25.6. The van der Waals surface area contributed by atoms with Crippen LogP contribution in [0.25, 0.3) is 0 Å². The Morgan fingerprint density at radius 2 is 1.83 bits per heavy atom. The summed E-state index contributed by atoms with van der Waals surface area (Å²) in [6, 6.07) is 7.09. The van der Waals surface area contributed by atoms with Crippen LogP contribution in [-0.4, -0.2) is 44.1 Å². The number of hydrogen-bond acceptors (Lipinski definition) is 5. The third-order valence-electron chi connectivity index (χ3n) is 4.99. The molecule has 1 aliphatic heterocycles. The number of nitrogens with two attached hydrogens (primary N) is 1. The lowest BCUT2D eigenvalue weighted by Gasteiger charge is -2.24. The fourth-order valence-electron chi connectivity index (χ4n) is 3.16. The molecule has 162 valence electrons. The molecule has 0 spiro atoms. The second kappa shape index (κ2) is 9.58. The van der Waals surface area contributed by atoms with Gasteiger partial charge in [0, 0.05) is 30.9 Å². The predicted octanol–water partition coefficient (Wildman–Crippen LogP) is 1.97. The van der Waals surface area contributed by atoms with E-state index >= 15 is 0 Å². The number of rotatable bonds is 9. The lowest BCUT2D eigenvalue weighted by atomic mass is 10.2. The van der Waals surface area contributed by atoms with E-state index in [4.69, 9.17) is 5.73 Å². The first kappa shape index (κ1) is 23.2. The van der Waals surface area contributed by atoms with Gasteiger partial charge in [0.1, 0.15) is 6.04 Å². The fourth-order valence-corrected chi connectivity index (χ4v) is 4.01. The molecule has 0 aromatic heterocycles. The monoisotopic (exact) mass is 424 g/mol. The zero-order valence-electron chi connectivity index (χ0n) is 17.4. The molecule has 9 heteroatoms. The van der Waals surface area contributed by atoms with Gasteiger partial charge in [0.2, 0.25) is 21.8 Å². The molecule has 1 fully saturated rings. The summed E-state index contributed by atoms with van der Waals surface area (Å²) in [5.41, 5.74) is 7.05. The Bertz CT molecular complexity index is 816. The molecule has 2 rings (SSSR count). The molecule has 0 radical (unpaired) electrons. The standard InChI is InChI=1S/C20H32N4O4S/c1-20(2,3)29(27,28)22-13-5-4-8-18(25)23-15-9-11-16(12-10-15)24-14-6-7-17(24)19(21)26/h9-12,17,22H,4-8,13-14H2,1-3H3,(H2,21,26)(H,23,25)/t17-/m0/s1. The van der Waals surface area contributed by atoms with E-state index in [2.05, 4.69) is 10.0 Å². The predicted molar refractivity (Wildman–Crippen MR) is 115 cm³/mol. The number of primary amides is 1. The number of carbonyl (C=O) groups is 2. The van der Waals surface area contributed by atoms with Gasteiger partial charge in [-0.1, -0.05) is 0 Å². The normalized spacial score (nSPS) is 17.3. The summed E-state index contributed by atoms with van der Waals surface area (Å²) in [6.07, 6.45) is 3.18. The molecular weight excluding hydrogens is 392 g/mol. The van der Waals surface area contributed by atoms with Crippen molar-refractivity contribution in [3.05, 3.63) is 24.3 Å². The van der Waals surface area contributed by atoms with Gasteiger partial charge in [-0.15, -0.1) is 0 Å². The zero-order chi connectivity index (χ0) is 21.7. The molecule has 4 N–H and O–H groups in total. The highest BCUT2D eigenvalue weighted by molar-refractivity contribution is 7.90. The molecule has 0 bridgehead atoms. The van der Waals surface area contributed by atoms with E-state index in [0.717, 1.165) is 25.1 Å². The van der Waals surface area contributed by atoms with Crippen LogP contribution in [-0.2, 0) is 19.6 Å². The van der Waals surface area contributed by atoms with Crippen molar-refractivity contribution in [2.45, 2.75) is 63.7 Å². The van der Waals surface area contributed by atoms with E-state index in [-0.39, 0.29) is 17.9 Å². The third-order valence-corrected chi connectivity index (χ3v) is 7.19. The maximum Gasteiger partial charge on any atom is 0.240 e. The highest BCUT2D eigenvalue weighted by atomic mass is 32.2. The first-order valence-corrected chi connectivity index (χ1v) is 11.4. The highest BCUT2D eigenvalue weighted by Crippen LogP contribution is 2.26. The van der Waals surface area contributed by atoms with Crippen molar-refractivity contribution in [3.8, 4) is 0 Å². The largest absolute Gasteiger partial charge is 0.368 e. The Kier molecular flexibility index (Phi) is 7.65. The molecular formula is C20H32N4O4S. The minimum absolute atomic E-state index is 0.118. The third kappa shape index (κ3) is 6.43. The Hall–Kier alpha value is -2.13. The molecule has 29 heavy (non-hydrogen) atoms. The Labute approximate surface area is 173 Å². The molecule has 8 nitrogen and oxygen atoms in total. The van der Waals surface area contributed by atoms with Crippen LogP contribution in [0.1, 0.15) is 52.9 Å². The van der Waals surface area contributed by atoms with E-state index in [1.54, 1.807) is 32.9 Å². The van der Waals surface area contributed by atoms with E-state index in [0.29, 0.717) is 31.5 Å². The summed E-state index contributed by atoms with van der Waals surface area (Å²) in [5.74, 6) is -0.433. The number of nitrogens with zero attached hydrogens (tertiary/aromatic N) is 1.